The quantitative estimate of drug-likeness (QED) is 0.607. The van der Waals surface area contributed by atoms with Gasteiger partial charge in [-0.1, -0.05) is 25.0 Å². The van der Waals surface area contributed by atoms with Gasteiger partial charge >= 0.3 is 5.97 Å². The lowest BCUT2D eigenvalue weighted by molar-refractivity contribution is -0.125. The van der Waals surface area contributed by atoms with Crippen LogP contribution in [0.2, 0.25) is 0 Å². The van der Waals surface area contributed by atoms with Gasteiger partial charge in [0, 0.05) is 5.69 Å². The third-order valence-electron chi connectivity index (χ3n) is 5.73. The first kappa shape index (κ1) is 19.8. The fourth-order valence-electron chi connectivity index (χ4n) is 4.24. The van der Waals surface area contributed by atoms with E-state index in [1.54, 1.807) is 55.5 Å². The van der Waals surface area contributed by atoms with Crippen molar-refractivity contribution in [3.63, 3.8) is 0 Å². The number of hydrogen-bond acceptors (Lipinski definition) is 5. The summed E-state index contributed by atoms with van der Waals surface area (Å²) in [6, 6.07) is 13.0. The molecular weight excluding hydrogens is 384 g/mol. The van der Waals surface area contributed by atoms with E-state index in [1.807, 2.05) is 0 Å². The van der Waals surface area contributed by atoms with E-state index in [1.165, 1.54) is 0 Å². The molecule has 154 valence electrons. The summed E-state index contributed by atoms with van der Waals surface area (Å²) in [6.45, 7) is 2.01. The van der Waals surface area contributed by atoms with Gasteiger partial charge in [-0.25, -0.2) is 4.79 Å². The average molecular weight is 406 g/mol. The summed E-state index contributed by atoms with van der Waals surface area (Å²) in [4.78, 5) is 52.3. The van der Waals surface area contributed by atoms with Crippen molar-refractivity contribution in [2.45, 2.75) is 38.1 Å². The zero-order chi connectivity index (χ0) is 21.3. The summed E-state index contributed by atoms with van der Waals surface area (Å²) < 4.78 is 4.96. The van der Waals surface area contributed by atoms with Gasteiger partial charge in [-0.15, -0.1) is 0 Å². The Balaban J connectivity index is 1.59. The molecule has 4 rings (SSSR count). The van der Waals surface area contributed by atoms with Gasteiger partial charge in [0.25, 0.3) is 17.7 Å². The van der Waals surface area contributed by atoms with E-state index >= 15 is 0 Å². The second-order valence-electron chi connectivity index (χ2n) is 7.48. The molecule has 30 heavy (non-hydrogen) atoms. The Morgan fingerprint density at radius 1 is 0.967 bits per heavy atom. The van der Waals surface area contributed by atoms with Crippen LogP contribution in [-0.2, 0) is 9.53 Å². The predicted molar refractivity (Wildman–Crippen MR) is 109 cm³/mol. The topological polar surface area (TPSA) is 92.8 Å². The van der Waals surface area contributed by atoms with Crippen molar-refractivity contribution in [2.75, 3.05) is 11.9 Å². The molecule has 0 atom stereocenters. The lowest BCUT2D eigenvalue weighted by Crippen LogP contribution is -2.57. The average Bonchev–Trinajstić information content (AvgIpc) is 3.33. The molecule has 2 aliphatic rings. The van der Waals surface area contributed by atoms with Crippen LogP contribution in [0.15, 0.2) is 48.5 Å². The maximum absolute atomic E-state index is 13.3. The van der Waals surface area contributed by atoms with Crippen LogP contribution in [0, 0.1) is 0 Å². The van der Waals surface area contributed by atoms with Crippen molar-refractivity contribution in [3.05, 3.63) is 65.2 Å². The smallest absolute Gasteiger partial charge is 0.338 e. The van der Waals surface area contributed by atoms with E-state index in [0.717, 1.165) is 17.7 Å². The monoisotopic (exact) mass is 406 g/mol. The van der Waals surface area contributed by atoms with Crippen LogP contribution in [0.1, 0.15) is 63.7 Å². The summed E-state index contributed by atoms with van der Waals surface area (Å²) >= 11 is 0. The molecule has 0 aromatic heterocycles. The summed E-state index contributed by atoms with van der Waals surface area (Å²) in [5, 5.41) is 2.83. The number of amides is 3. The summed E-state index contributed by atoms with van der Waals surface area (Å²) in [5.74, 6) is -1.68. The Morgan fingerprint density at radius 3 is 2.07 bits per heavy atom. The highest BCUT2D eigenvalue weighted by atomic mass is 16.5. The number of nitrogens with one attached hydrogen (secondary N) is 1. The highest BCUT2D eigenvalue weighted by Crippen LogP contribution is 2.41. The van der Waals surface area contributed by atoms with Crippen LogP contribution in [0.25, 0.3) is 0 Å². The number of imide groups is 1. The van der Waals surface area contributed by atoms with Gasteiger partial charge in [0.1, 0.15) is 5.54 Å². The summed E-state index contributed by atoms with van der Waals surface area (Å²) in [7, 11) is 0. The van der Waals surface area contributed by atoms with E-state index in [0.29, 0.717) is 35.2 Å². The van der Waals surface area contributed by atoms with Crippen molar-refractivity contribution >= 4 is 29.4 Å². The SMILES string of the molecule is CCOC(=O)c1ccc(NC(=O)C2(N3C(=O)c4ccccc4C3=O)CCCC2)cc1. The van der Waals surface area contributed by atoms with E-state index in [4.69, 9.17) is 4.74 Å². The molecule has 1 fully saturated rings. The van der Waals surface area contributed by atoms with Crippen molar-refractivity contribution in [1.29, 1.82) is 0 Å². The Kier molecular flexibility index (Phi) is 5.11. The van der Waals surface area contributed by atoms with E-state index in [9.17, 15) is 19.2 Å². The molecule has 1 aliphatic carbocycles. The minimum atomic E-state index is -1.22. The largest absolute Gasteiger partial charge is 0.462 e. The minimum absolute atomic E-state index is 0.278. The molecule has 0 saturated heterocycles. The van der Waals surface area contributed by atoms with Gasteiger partial charge < -0.3 is 10.1 Å². The summed E-state index contributed by atoms with van der Waals surface area (Å²) in [6.07, 6.45) is 2.35. The molecule has 1 N–H and O–H groups in total. The number of benzene rings is 2. The molecule has 0 spiro atoms. The van der Waals surface area contributed by atoms with Gasteiger partial charge in [0.15, 0.2) is 0 Å². The maximum Gasteiger partial charge on any atom is 0.338 e. The molecule has 0 radical (unpaired) electrons. The standard InChI is InChI=1S/C23H22N2O5/c1-2-30-21(28)15-9-11-16(12-10-15)24-22(29)23(13-5-6-14-23)25-19(26)17-7-3-4-8-18(17)20(25)27/h3-4,7-12H,2,5-6,13-14H2,1H3,(H,24,29). The first-order valence-corrected chi connectivity index (χ1v) is 10.0. The van der Waals surface area contributed by atoms with Crippen molar-refractivity contribution in [2.24, 2.45) is 0 Å². The number of esters is 1. The van der Waals surface area contributed by atoms with Crippen LogP contribution in [0.4, 0.5) is 5.69 Å². The molecule has 1 saturated carbocycles. The fourth-order valence-corrected chi connectivity index (χ4v) is 4.24. The second kappa shape index (κ2) is 7.74. The molecule has 7 nitrogen and oxygen atoms in total. The number of hydrogen-bond donors (Lipinski definition) is 1. The Labute approximate surface area is 174 Å². The molecule has 3 amide bonds. The van der Waals surface area contributed by atoms with Gasteiger partial charge in [-0.2, -0.15) is 0 Å². The number of rotatable bonds is 5. The van der Waals surface area contributed by atoms with E-state index in [-0.39, 0.29) is 6.61 Å². The normalized spacial score (nSPS) is 17.0. The number of anilines is 1. The minimum Gasteiger partial charge on any atom is -0.462 e. The predicted octanol–water partition coefficient (Wildman–Crippen LogP) is 3.41. The van der Waals surface area contributed by atoms with Crippen LogP contribution in [0.5, 0.6) is 0 Å². The zero-order valence-electron chi connectivity index (χ0n) is 16.6. The highest BCUT2D eigenvalue weighted by molar-refractivity contribution is 6.24. The summed E-state index contributed by atoms with van der Waals surface area (Å²) in [5.41, 5.74) is 0.315. The first-order valence-electron chi connectivity index (χ1n) is 10.0. The lowest BCUT2D eigenvalue weighted by Gasteiger charge is -2.35. The molecule has 2 aromatic rings. The van der Waals surface area contributed by atoms with Gasteiger partial charge in [-0.05, 0) is 56.2 Å². The molecule has 1 heterocycles. The van der Waals surface area contributed by atoms with Gasteiger partial charge in [-0.3, -0.25) is 19.3 Å². The van der Waals surface area contributed by atoms with E-state index < -0.39 is 29.2 Å². The molecule has 1 aliphatic heterocycles. The number of ether oxygens (including phenoxy) is 1. The molecule has 7 heteroatoms. The number of carbonyl (C=O) groups is 4. The van der Waals surface area contributed by atoms with Crippen LogP contribution in [-0.4, -0.2) is 40.7 Å². The zero-order valence-corrected chi connectivity index (χ0v) is 16.6. The third-order valence-corrected chi connectivity index (χ3v) is 5.73. The highest BCUT2D eigenvalue weighted by Gasteiger charge is 2.54. The molecule has 2 aromatic carbocycles. The van der Waals surface area contributed by atoms with Gasteiger partial charge in [0.05, 0.1) is 23.3 Å². The van der Waals surface area contributed by atoms with Gasteiger partial charge in [0.2, 0.25) is 0 Å². The maximum atomic E-state index is 13.3. The van der Waals surface area contributed by atoms with Crippen molar-refractivity contribution in [1.82, 2.24) is 4.90 Å². The number of fused-ring (bicyclic) bond motifs is 1. The van der Waals surface area contributed by atoms with Crippen molar-refractivity contribution < 1.29 is 23.9 Å². The number of nitrogens with zero attached hydrogens (tertiary/aromatic N) is 1. The Hall–Kier alpha value is -3.48. The van der Waals surface area contributed by atoms with Crippen LogP contribution < -0.4 is 5.32 Å². The third kappa shape index (κ3) is 3.16. The molecule has 0 bridgehead atoms. The Morgan fingerprint density at radius 2 is 1.53 bits per heavy atom. The Bertz CT molecular complexity index is 987. The lowest BCUT2D eigenvalue weighted by atomic mass is 9.93. The molecule has 0 unspecified atom stereocenters. The van der Waals surface area contributed by atoms with Crippen LogP contribution >= 0.6 is 0 Å². The van der Waals surface area contributed by atoms with Crippen LogP contribution in [0.3, 0.4) is 0 Å². The first-order chi connectivity index (χ1) is 14.5. The molecular formula is C23H22N2O5. The second-order valence-corrected chi connectivity index (χ2v) is 7.48. The van der Waals surface area contributed by atoms with E-state index in [2.05, 4.69) is 5.32 Å². The fraction of sp³-hybridized carbons (Fsp3) is 0.304. The number of carbonyl (C=O) groups excluding carboxylic acids is 4. The van der Waals surface area contributed by atoms with Crippen molar-refractivity contribution in [3.8, 4) is 0 Å².